The zero-order chi connectivity index (χ0) is 14.1. The van der Waals surface area contributed by atoms with E-state index >= 15 is 0 Å². The number of hydrogen-bond acceptors (Lipinski definition) is 3. The standard InChI is InChI=1S/C14H10ClN3O2/c15-10-5-2-1-4-9(10)8-13-17-16-12-7-3-6-11(14(19)20)18(12)13/h1-7H,8H2,(H,19,20). The summed E-state index contributed by atoms with van der Waals surface area (Å²) in [5.74, 6) is -0.470. The number of pyridine rings is 1. The van der Waals surface area contributed by atoms with Gasteiger partial charge in [-0.05, 0) is 23.8 Å². The summed E-state index contributed by atoms with van der Waals surface area (Å²) in [7, 11) is 0. The second kappa shape index (κ2) is 4.94. The molecule has 0 saturated heterocycles. The molecule has 0 saturated carbocycles. The molecule has 0 unspecified atom stereocenters. The lowest BCUT2D eigenvalue weighted by Crippen LogP contribution is -2.08. The summed E-state index contributed by atoms with van der Waals surface area (Å²) in [6, 6.07) is 12.3. The second-order valence-electron chi connectivity index (χ2n) is 4.29. The molecule has 0 amide bonds. The predicted molar refractivity (Wildman–Crippen MR) is 74.2 cm³/mol. The number of aromatic nitrogens is 3. The lowest BCUT2D eigenvalue weighted by molar-refractivity contribution is 0.0688. The van der Waals surface area contributed by atoms with Gasteiger partial charge in [-0.2, -0.15) is 0 Å². The van der Waals surface area contributed by atoms with Gasteiger partial charge >= 0.3 is 5.97 Å². The van der Waals surface area contributed by atoms with Crippen LogP contribution in [0.4, 0.5) is 0 Å². The molecule has 20 heavy (non-hydrogen) atoms. The van der Waals surface area contributed by atoms with Gasteiger partial charge in [-0.15, -0.1) is 10.2 Å². The van der Waals surface area contributed by atoms with Gasteiger partial charge in [-0.1, -0.05) is 35.9 Å². The number of benzene rings is 1. The molecule has 3 aromatic rings. The highest BCUT2D eigenvalue weighted by molar-refractivity contribution is 6.31. The molecule has 0 aliphatic rings. The van der Waals surface area contributed by atoms with Crippen molar-refractivity contribution in [3.63, 3.8) is 0 Å². The number of rotatable bonds is 3. The summed E-state index contributed by atoms with van der Waals surface area (Å²) in [5, 5.41) is 17.9. The number of nitrogens with zero attached hydrogens (tertiary/aromatic N) is 3. The van der Waals surface area contributed by atoms with Gasteiger partial charge < -0.3 is 5.11 Å². The van der Waals surface area contributed by atoms with Crippen LogP contribution >= 0.6 is 11.6 Å². The molecule has 0 radical (unpaired) electrons. The van der Waals surface area contributed by atoms with Crippen LogP contribution in [-0.4, -0.2) is 25.7 Å². The van der Waals surface area contributed by atoms with Crippen LogP contribution in [0, 0.1) is 0 Å². The smallest absolute Gasteiger partial charge is 0.352 e. The van der Waals surface area contributed by atoms with Gasteiger partial charge in [0.2, 0.25) is 0 Å². The average Bonchev–Trinajstić information content (AvgIpc) is 2.84. The molecule has 0 fully saturated rings. The Morgan fingerprint density at radius 2 is 1.95 bits per heavy atom. The number of aromatic carboxylic acids is 1. The highest BCUT2D eigenvalue weighted by Crippen LogP contribution is 2.19. The van der Waals surface area contributed by atoms with Crippen molar-refractivity contribution in [2.24, 2.45) is 0 Å². The zero-order valence-corrected chi connectivity index (χ0v) is 11.1. The van der Waals surface area contributed by atoms with Crippen LogP contribution in [0.5, 0.6) is 0 Å². The van der Waals surface area contributed by atoms with Gasteiger partial charge in [0.1, 0.15) is 11.5 Å². The number of carboxylic acids is 1. The van der Waals surface area contributed by atoms with Crippen molar-refractivity contribution >= 4 is 23.2 Å². The Labute approximate surface area is 119 Å². The van der Waals surface area contributed by atoms with Gasteiger partial charge in [0.05, 0.1) is 0 Å². The highest BCUT2D eigenvalue weighted by Gasteiger charge is 2.14. The van der Waals surface area contributed by atoms with Crippen LogP contribution in [-0.2, 0) is 6.42 Å². The summed E-state index contributed by atoms with van der Waals surface area (Å²) in [4.78, 5) is 11.3. The average molecular weight is 288 g/mol. The Morgan fingerprint density at radius 1 is 1.15 bits per heavy atom. The Balaban J connectivity index is 2.13. The molecule has 0 spiro atoms. The van der Waals surface area contributed by atoms with E-state index < -0.39 is 5.97 Å². The second-order valence-corrected chi connectivity index (χ2v) is 4.70. The fourth-order valence-electron chi connectivity index (χ4n) is 2.09. The summed E-state index contributed by atoms with van der Waals surface area (Å²) in [5.41, 5.74) is 1.52. The van der Waals surface area contributed by atoms with E-state index in [1.807, 2.05) is 18.2 Å². The lowest BCUT2D eigenvalue weighted by atomic mass is 10.1. The van der Waals surface area contributed by atoms with E-state index in [9.17, 15) is 9.90 Å². The van der Waals surface area contributed by atoms with Crippen LogP contribution in [0.3, 0.4) is 0 Å². The summed E-state index contributed by atoms with van der Waals surface area (Å²) < 4.78 is 1.53. The van der Waals surface area contributed by atoms with Gasteiger partial charge in [0.25, 0.3) is 0 Å². The van der Waals surface area contributed by atoms with Crippen LogP contribution in [0.25, 0.3) is 5.65 Å². The van der Waals surface area contributed by atoms with Crippen LogP contribution in [0.15, 0.2) is 42.5 Å². The molecule has 0 atom stereocenters. The molecule has 2 heterocycles. The first kappa shape index (κ1) is 12.6. The van der Waals surface area contributed by atoms with Gasteiger partial charge in [0, 0.05) is 11.4 Å². The molecule has 5 nitrogen and oxygen atoms in total. The van der Waals surface area contributed by atoms with Crippen molar-refractivity contribution in [3.8, 4) is 0 Å². The topological polar surface area (TPSA) is 67.5 Å². The van der Waals surface area contributed by atoms with E-state index in [0.29, 0.717) is 22.9 Å². The maximum absolute atomic E-state index is 11.3. The molecule has 0 aliphatic heterocycles. The zero-order valence-electron chi connectivity index (χ0n) is 10.3. The molecule has 2 aromatic heterocycles. The predicted octanol–water partition coefficient (Wildman–Crippen LogP) is 2.67. The van der Waals surface area contributed by atoms with Gasteiger partial charge in [-0.3, -0.25) is 4.40 Å². The lowest BCUT2D eigenvalue weighted by Gasteiger charge is -2.05. The number of carboxylic acid groups (broad SMARTS) is 1. The Kier molecular flexibility index (Phi) is 3.12. The molecule has 0 aliphatic carbocycles. The Hall–Kier alpha value is -2.40. The van der Waals surface area contributed by atoms with E-state index in [1.165, 1.54) is 10.5 Å². The van der Waals surface area contributed by atoms with Crippen molar-refractivity contribution in [3.05, 3.63) is 64.6 Å². The molecule has 100 valence electrons. The minimum absolute atomic E-state index is 0.134. The molecule has 1 aromatic carbocycles. The number of carbonyl (C=O) groups is 1. The molecule has 0 bridgehead atoms. The van der Waals surface area contributed by atoms with Crippen LogP contribution in [0.1, 0.15) is 21.9 Å². The molecule has 1 N–H and O–H groups in total. The highest BCUT2D eigenvalue weighted by atomic mass is 35.5. The fraction of sp³-hybridized carbons (Fsp3) is 0.0714. The summed E-state index contributed by atoms with van der Waals surface area (Å²) in [6.45, 7) is 0. The first-order valence-corrected chi connectivity index (χ1v) is 6.34. The first-order valence-electron chi connectivity index (χ1n) is 5.96. The van der Waals surface area contributed by atoms with Crippen molar-refractivity contribution < 1.29 is 9.90 Å². The fourth-order valence-corrected chi connectivity index (χ4v) is 2.30. The first-order chi connectivity index (χ1) is 9.66. The van der Waals surface area contributed by atoms with Gasteiger partial charge in [0.15, 0.2) is 5.65 Å². The summed E-state index contributed by atoms with van der Waals surface area (Å²) in [6.07, 6.45) is 0.422. The summed E-state index contributed by atoms with van der Waals surface area (Å²) >= 11 is 6.12. The van der Waals surface area contributed by atoms with Gasteiger partial charge in [-0.25, -0.2) is 4.79 Å². The minimum Gasteiger partial charge on any atom is -0.477 e. The number of halogens is 1. The van der Waals surface area contributed by atoms with E-state index in [-0.39, 0.29) is 5.69 Å². The minimum atomic E-state index is -1.02. The molecule has 3 rings (SSSR count). The maximum atomic E-state index is 11.3. The Bertz CT molecular complexity index is 798. The van der Waals surface area contributed by atoms with Crippen molar-refractivity contribution in [2.45, 2.75) is 6.42 Å². The third kappa shape index (κ3) is 2.12. The quantitative estimate of drug-likeness (QED) is 0.804. The maximum Gasteiger partial charge on any atom is 0.352 e. The third-order valence-electron chi connectivity index (χ3n) is 3.02. The largest absolute Gasteiger partial charge is 0.477 e. The SMILES string of the molecule is O=C(O)c1cccc2nnc(Cc3ccccc3Cl)n12. The van der Waals surface area contributed by atoms with E-state index in [1.54, 1.807) is 18.2 Å². The van der Waals surface area contributed by atoms with Crippen LogP contribution in [0.2, 0.25) is 5.02 Å². The molecular weight excluding hydrogens is 278 g/mol. The van der Waals surface area contributed by atoms with E-state index in [4.69, 9.17) is 11.6 Å². The van der Waals surface area contributed by atoms with Crippen molar-refractivity contribution in [1.82, 2.24) is 14.6 Å². The van der Waals surface area contributed by atoms with Crippen molar-refractivity contribution in [1.29, 1.82) is 0 Å². The van der Waals surface area contributed by atoms with E-state index in [0.717, 1.165) is 5.56 Å². The number of hydrogen-bond donors (Lipinski definition) is 1. The Morgan fingerprint density at radius 3 is 2.70 bits per heavy atom. The monoisotopic (exact) mass is 287 g/mol. The normalized spacial score (nSPS) is 10.8. The molecule has 6 heteroatoms. The third-order valence-corrected chi connectivity index (χ3v) is 3.39. The molecular formula is C14H10ClN3O2. The van der Waals surface area contributed by atoms with Crippen LogP contribution < -0.4 is 0 Å². The van der Waals surface area contributed by atoms with E-state index in [2.05, 4.69) is 10.2 Å². The van der Waals surface area contributed by atoms with Crippen molar-refractivity contribution in [2.75, 3.05) is 0 Å². The number of fused-ring (bicyclic) bond motifs is 1.